The maximum Gasteiger partial charge on any atom is 0.318 e. The van der Waals surface area contributed by atoms with Gasteiger partial charge in [-0.05, 0) is 23.8 Å². The highest BCUT2D eigenvalue weighted by molar-refractivity contribution is 9.10. The van der Waals surface area contributed by atoms with E-state index in [1.807, 2.05) is 18.2 Å². The van der Waals surface area contributed by atoms with E-state index in [0.717, 1.165) is 15.4 Å². The smallest absolute Gasteiger partial charge is 0.318 e. The molecule has 0 fully saturated rings. The topological polar surface area (TPSA) is 147 Å². The van der Waals surface area contributed by atoms with Crippen molar-refractivity contribution in [2.24, 2.45) is 0 Å². The second-order valence-electron chi connectivity index (χ2n) is 6.85. The van der Waals surface area contributed by atoms with Gasteiger partial charge in [0.15, 0.2) is 5.76 Å². The number of nitrogens with zero attached hydrogens (tertiary/aromatic N) is 3. The number of nitro groups is 2. The van der Waals surface area contributed by atoms with Gasteiger partial charge in [0.1, 0.15) is 5.92 Å². The van der Waals surface area contributed by atoms with Crippen molar-refractivity contribution < 1.29 is 14.6 Å². The van der Waals surface area contributed by atoms with Crippen LogP contribution in [0.4, 0.5) is 5.69 Å². The Bertz CT molecular complexity index is 1370. The summed E-state index contributed by atoms with van der Waals surface area (Å²) in [5.41, 5.74) is 1.20. The minimum absolute atomic E-state index is 0.0189. The monoisotopic (exact) mass is 495 g/mol. The molecule has 1 aliphatic heterocycles. The van der Waals surface area contributed by atoms with Gasteiger partial charge in [-0.15, -0.1) is 0 Å². The predicted octanol–water partition coefficient (Wildman–Crippen LogP) is 4.55. The van der Waals surface area contributed by atoms with Crippen LogP contribution in [0.1, 0.15) is 17.0 Å². The molecule has 11 heteroatoms. The molecule has 2 N–H and O–H groups in total. The van der Waals surface area contributed by atoms with Crippen LogP contribution in [0.3, 0.4) is 0 Å². The zero-order chi connectivity index (χ0) is 23.0. The predicted molar refractivity (Wildman–Crippen MR) is 119 cm³/mol. The molecule has 0 radical (unpaired) electrons. The van der Waals surface area contributed by atoms with Crippen LogP contribution in [0.5, 0.6) is 0 Å². The van der Waals surface area contributed by atoms with Crippen LogP contribution in [0, 0.1) is 31.6 Å². The first-order valence-corrected chi connectivity index (χ1v) is 10.0. The Morgan fingerprint density at radius 3 is 2.47 bits per heavy atom. The van der Waals surface area contributed by atoms with Gasteiger partial charge in [-0.25, -0.2) is 0 Å². The van der Waals surface area contributed by atoms with E-state index < -0.39 is 15.8 Å². The van der Waals surface area contributed by atoms with E-state index in [9.17, 15) is 25.5 Å². The highest BCUT2D eigenvalue weighted by atomic mass is 79.9. The number of aromatic amines is 1. The highest BCUT2D eigenvalue weighted by Crippen LogP contribution is 2.44. The van der Waals surface area contributed by atoms with Gasteiger partial charge in [0.05, 0.1) is 21.5 Å². The van der Waals surface area contributed by atoms with Crippen molar-refractivity contribution in [1.29, 1.82) is 5.26 Å². The van der Waals surface area contributed by atoms with Crippen LogP contribution in [0.25, 0.3) is 16.7 Å². The summed E-state index contributed by atoms with van der Waals surface area (Å²) in [6, 6.07) is 12.9. The number of halogens is 1. The highest BCUT2D eigenvalue weighted by Gasteiger charge is 2.42. The molecule has 1 aliphatic rings. The van der Waals surface area contributed by atoms with Gasteiger partial charge >= 0.3 is 5.70 Å². The van der Waals surface area contributed by atoms with E-state index in [4.69, 9.17) is 4.74 Å². The first kappa shape index (κ1) is 21.1. The number of nitrogens with one attached hydrogen (secondary N) is 2. The molecule has 10 nitrogen and oxygen atoms in total. The van der Waals surface area contributed by atoms with E-state index in [1.54, 1.807) is 6.20 Å². The van der Waals surface area contributed by atoms with Gasteiger partial charge in [-0.2, -0.15) is 5.26 Å². The first-order valence-electron chi connectivity index (χ1n) is 9.25. The quantitative estimate of drug-likeness (QED) is 0.389. The minimum Gasteiger partial charge on any atom is -0.434 e. The number of hydrogen-bond acceptors (Lipinski definition) is 7. The number of benzene rings is 2. The molecule has 0 spiro atoms. The van der Waals surface area contributed by atoms with E-state index in [-0.39, 0.29) is 28.6 Å². The summed E-state index contributed by atoms with van der Waals surface area (Å²) in [6.45, 7) is 0. The lowest BCUT2D eigenvalue weighted by Crippen LogP contribution is -2.26. The second kappa shape index (κ2) is 8.16. The third kappa shape index (κ3) is 3.46. The number of nitro benzene ring substituents is 1. The average Bonchev–Trinajstić information content (AvgIpc) is 3.20. The number of rotatable bonds is 5. The molecule has 4 rings (SSSR count). The fourth-order valence-corrected chi connectivity index (χ4v) is 4.05. The van der Waals surface area contributed by atoms with Gasteiger partial charge in [0.25, 0.3) is 11.6 Å². The largest absolute Gasteiger partial charge is 0.434 e. The first-order chi connectivity index (χ1) is 15.3. The Morgan fingerprint density at radius 2 is 1.88 bits per heavy atom. The minimum atomic E-state index is -1.10. The summed E-state index contributed by atoms with van der Waals surface area (Å²) < 4.78 is 6.67. The molecule has 2 aromatic carbocycles. The Balaban J connectivity index is 1.98. The summed E-state index contributed by atoms with van der Waals surface area (Å²) in [7, 11) is 1.48. The van der Waals surface area contributed by atoms with Crippen molar-refractivity contribution in [3.8, 4) is 6.07 Å². The van der Waals surface area contributed by atoms with Crippen LogP contribution in [-0.4, -0.2) is 21.9 Å². The number of hydrogen-bond donors (Lipinski definition) is 2. The molecule has 0 amide bonds. The lowest BCUT2D eigenvalue weighted by Gasteiger charge is -2.25. The summed E-state index contributed by atoms with van der Waals surface area (Å²) in [6.07, 6.45) is 1.67. The molecule has 3 aromatic rings. The van der Waals surface area contributed by atoms with E-state index in [1.165, 1.54) is 31.3 Å². The van der Waals surface area contributed by atoms with E-state index in [0.29, 0.717) is 11.1 Å². The van der Waals surface area contributed by atoms with E-state index >= 15 is 0 Å². The Labute approximate surface area is 189 Å². The number of H-pyrrole nitrogens is 1. The van der Waals surface area contributed by atoms with Crippen molar-refractivity contribution >= 4 is 38.3 Å². The molecular formula is C21H14BrN5O5. The van der Waals surface area contributed by atoms with Crippen molar-refractivity contribution in [3.05, 3.63) is 102 Å². The average molecular weight is 496 g/mol. The molecule has 0 bridgehead atoms. The van der Waals surface area contributed by atoms with Crippen LogP contribution < -0.4 is 5.32 Å². The Morgan fingerprint density at radius 1 is 1.16 bits per heavy atom. The molecular weight excluding hydrogens is 482 g/mol. The molecule has 160 valence electrons. The van der Waals surface area contributed by atoms with Crippen LogP contribution in [0.2, 0.25) is 0 Å². The number of ether oxygens (including phenoxy) is 1. The number of allylic oxidation sites excluding steroid dienone is 1. The molecule has 1 atom stereocenters. The maximum absolute atomic E-state index is 12.0. The molecule has 1 aromatic heterocycles. The van der Waals surface area contributed by atoms with Crippen molar-refractivity contribution in [2.75, 3.05) is 7.05 Å². The number of non-ortho nitro benzene ring substituents is 1. The van der Waals surface area contributed by atoms with Gasteiger partial charge < -0.3 is 15.0 Å². The lowest BCUT2D eigenvalue weighted by molar-refractivity contribution is -0.433. The standard InChI is InChI=1S/C21H14BrN5O5/c1-24-21-19(27(30)31)18(11-2-5-13(6-3-11)26(28)29)15(9-23)20(32-21)16-10-25-17-7-4-12(22)8-14(16)17/h2-8,10,18,24-25H,1H3. The normalized spacial score (nSPS) is 16.0. The molecule has 32 heavy (non-hydrogen) atoms. The molecule has 0 saturated heterocycles. The maximum atomic E-state index is 12.0. The summed E-state index contributed by atoms with van der Waals surface area (Å²) in [5.74, 6) is -1.05. The SMILES string of the molecule is CNC1=C([N+](=O)[O-])C(c2ccc([N+](=O)[O-])cc2)C(C#N)=C(c2c[nH]c3ccc(Br)cc23)O1. The van der Waals surface area contributed by atoms with Crippen LogP contribution >= 0.6 is 15.9 Å². The number of nitriles is 1. The Kier molecular flexibility index (Phi) is 5.38. The third-order valence-corrected chi connectivity index (χ3v) is 5.61. The Hall–Kier alpha value is -4.17. The zero-order valence-corrected chi connectivity index (χ0v) is 18.0. The number of fused-ring (bicyclic) bond motifs is 1. The van der Waals surface area contributed by atoms with Crippen molar-refractivity contribution in [3.63, 3.8) is 0 Å². The van der Waals surface area contributed by atoms with Gasteiger partial charge in [-0.1, -0.05) is 28.1 Å². The van der Waals surface area contributed by atoms with Gasteiger partial charge in [0.2, 0.25) is 0 Å². The molecule has 0 saturated carbocycles. The fourth-order valence-electron chi connectivity index (χ4n) is 3.68. The lowest BCUT2D eigenvalue weighted by atomic mass is 9.85. The molecule has 2 heterocycles. The summed E-state index contributed by atoms with van der Waals surface area (Å²) in [4.78, 5) is 24.9. The zero-order valence-electron chi connectivity index (χ0n) is 16.5. The molecule has 1 unspecified atom stereocenters. The van der Waals surface area contributed by atoms with Gasteiger partial charge in [0, 0.05) is 46.3 Å². The van der Waals surface area contributed by atoms with Crippen LogP contribution in [-0.2, 0) is 4.74 Å². The van der Waals surface area contributed by atoms with Crippen LogP contribution in [0.15, 0.2) is 70.3 Å². The summed E-state index contributed by atoms with van der Waals surface area (Å²) >= 11 is 3.43. The third-order valence-electron chi connectivity index (χ3n) is 5.11. The second-order valence-corrected chi connectivity index (χ2v) is 7.77. The summed E-state index contributed by atoms with van der Waals surface area (Å²) in [5, 5.41) is 36.5. The fraction of sp³-hybridized carbons (Fsp3) is 0.0952. The van der Waals surface area contributed by atoms with Gasteiger partial charge in [-0.3, -0.25) is 20.2 Å². The molecule has 0 aliphatic carbocycles. The van der Waals surface area contributed by atoms with Crippen molar-refractivity contribution in [2.45, 2.75) is 5.92 Å². The number of aromatic nitrogens is 1. The van der Waals surface area contributed by atoms with E-state index in [2.05, 4.69) is 32.3 Å². The van der Waals surface area contributed by atoms with Crippen molar-refractivity contribution in [1.82, 2.24) is 10.3 Å².